The number of rotatable bonds is 3. The third-order valence-electron chi connectivity index (χ3n) is 3.26. The Labute approximate surface area is 110 Å². The molecule has 1 fully saturated rings. The van der Waals surface area contributed by atoms with E-state index in [0.717, 1.165) is 11.4 Å². The quantitative estimate of drug-likeness (QED) is 0.773. The summed E-state index contributed by atoms with van der Waals surface area (Å²) >= 11 is 0. The highest BCUT2D eigenvalue weighted by molar-refractivity contribution is 5.97. The van der Waals surface area contributed by atoms with Gasteiger partial charge in [-0.3, -0.25) is 4.79 Å². The van der Waals surface area contributed by atoms with Gasteiger partial charge in [-0.2, -0.15) is 4.68 Å². The smallest absolute Gasteiger partial charge is 0.227 e. The van der Waals surface area contributed by atoms with Crippen LogP contribution >= 0.6 is 0 Å². The number of carbonyl (C=O) groups excluding carboxylic acids is 1. The first kappa shape index (κ1) is 11.6. The number of tetrazole rings is 1. The van der Waals surface area contributed by atoms with Crippen LogP contribution in [0.4, 0.5) is 5.69 Å². The van der Waals surface area contributed by atoms with Gasteiger partial charge < -0.3 is 4.90 Å². The molecule has 0 spiro atoms. The Morgan fingerprint density at radius 2 is 2.11 bits per heavy atom. The predicted octanol–water partition coefficient (Wildman–Crippen LogP) is 1.20. The molecule has 1 aromatic carbocycles. The van der Waals surface area contributed by atoms with E-state index in [9.17, 15) is 4.79 Å². The minimum Gasteiger partial charge on any atom is -0.310 e. The van der Waals surface area contributed by atoms with Crippen molar-refractivity contribution in [3.8, 4) is 5.69 Å². The second-order valence-corrected chi connectivity index (χ2v) is 4.45. The van der Waals surface area contributed by atoms with E-state index < -0.39 is 0 Å². The van der Waals surface area contributed by atoms with Crippen LogP contribution < -0.4 is 4.90 Å². The zero-order valence-electron chi connectivity index (χ0n) is 10.3. The summed E-state index contributed by atoms with van der Waals surface area (Å²) in [7, 11) is 0. The van der Waals surface area contributed by atoms with E-state index in [4.69, 9.17) is 0 Å². The molecule has 6 nitrogen and oxygen atoms in total. The second kappa shape index (κ2) is 4.64. The summed E-state index contributed by atoms with van der Waals surface area (Å²) < 4.78 is 1.56. The average Bonchev–Trinajstić information content (AvgIpc) is 3.08. The summed E-state index contributed by atoms with van der Waals surface area (Å²) in [6.07, 6.45) is 3.86. The van der Waals surface area contributed by atoms with Gasteiger partial charge in [0, 0.05) is 18.9 Å². The molecule has 0 radical (unpaired) electrons. The van der Waals surface area contributed by atoms with E-state index in [1.807, 2.05) is 30.3 Å². The molecule has 2 aromatic rings. The number of hydrogen-bond acceptors (Lipinski definition) is 4. The van der Waals surface area contributed by atoms with E-state index in [-0.39, 0.29) is 11.8 Å². The van der Waals surface area contributed by atoms with Gasteiger partial charge in [0.2, 0.25) is 5.91 Å². The molecule has 3 rings (SSSR count). The van der Waals surface area contributed by atoms with Crippen molar-refractivity contribution in [2.24, 2.45) is 5.92 Å². The van der Waals surface area contributed by atoms with E-state index in [0.29, 0.717) is 13.0 Å². The fourth-order valence-corrected chi connectivity index (χ4v) is 2.28. The maximum Gasteiger partial charge on any atom is 0.227 e. The largest absolute Gasteiger partial charge is 0.310 e. The van der Waals surface area contributed by atoms with Crippen LogP contribution in [0.3, 0.4) is 0 Å². The summed E-state index contributed by atoms with van der Waals surface area (Å²) in [4.78, 5) is 13.9. The zero-order chi connectivity index (χ0) is 13.2. The highest BCUT2D eigenvalue weighted by atomic mass is 16.2. The molecule has 1 amide bonds. The SMILES string of the molecule is C=CC1CC(=O)N(c2ccccc2-n2cnnn2)C1. The lowest BCUT2D eigenvalue weighted by atomic mass is 10.1. The highest BCUT2D eigenvalue weighted by Gasteiger charge is 2.30. The van der Waals surface area contributed by atoms with E-state index in [2.05, 4.69) is 22.1 Å². The van der Waals surface area contributed by atoms with Gasteiger partial charge in [0.25, 0.3) is 0 Å². The van der Waals surface area contributed by atoms with Crippen molar-refractivity contribution in [2.75, 3.05) is 11.4 Å². The van der Waals surface area contributed by atoms with Crippen LogP contribution in [-0.4, -0.2) is 32.7 Å². The third kappa shape index (κ3) is 2.01. The molecule has 1 aliphatic heterocycles. The van der Waals surface area contributed by atoms with Gasteiger partial charge in [0.05, 0.1) is 11.4 Å². The van der Waals surface area contributed by atoms with E-state index >= 15 is 0 Å². The Morgan fingerprint density at radius 3 is 2.74 bits per heavy atom. The van der Waals surface area contributed by atoms with Gasteiger partial charge in [-0.05, 0) is 22.6 Å². The fraction of sp³-hybridized carbons (Fsp3) is 0.231. The molecule has 2 heterocycles. The molecule has 1 unspecified atom stereocenters. The maximum atomic E-state index is 12.1. The Morgan fingerprint density at radius 1 is 1.32 bits per heavy atom. The van der Waals surface area contributed by atoms with Crippen molar-refractivity contribution in [3.63, 3.8) is 0 Å². The van der Waals surface area contributed by atoms with Crippen LogP contribution in [0.25, 0.3) is 5.69 Å². The molecule has 0 aliphatic carbocycles. The van der Waals surface area contributed by atoms with E-state index in [1.165, 1.54) is 6.33 Å². The Balaban J connectivity index is 2.02. The van der Waals surface area contributed by atoms with Crippen molar-refractivity contribution < 1.29 is 4.79 Å². The van der Waals surface area contributed by atoms with Gasteiger partial charge in [0.15, 0.2) is 0 Å². The number of benzene rings is 1. The lowest BCUT2D eigenvalue weighted by molar-refractivity contribution is -0.117. The van der Waals surface area contributed by atoms with Gasteiger partial charge >= 0.3 is 0 Å². The average molecular weight is 255 g/mol. The summed E-state index contributed by atoms with van der Waals surface area (Å²) in [6, 6.07) is 7.59. The lowest BCUT2D eigenvalue weighted by Gasteiger charge is -2.19. The highest BCUT2D eigenvalue weighted by Crippen LogP contribution is 2.29. The number of para-hydroxylation sites is 2. The van der Waals surface area contributed by atoms with Gasteiger partial charge in [-0.15, -0.1) is 11.7 Å². The zero-order valence-corrected chi connectivity index (χ0v) is 10.3. The molecule has 0 saturated carbocycles. The maximum absolute atomic E-state index is 12.1. The monoisotopic (exact) mass is 255 g/mol. The number of anilines is 1. The first-order valence-electron chi connectivity index (χ1n) is 6.05. The topological polar surface area (TPSA) is 63.9 Å². The molecule has 19 heavy (non-hydrogen) atoms. The van der Waals surface area contributed by atoms with Crippen LogP contribution in [0.1, 0.15) is 6.42 Å². The standard InChI is InChI=1S/C13H13N5O/c1-2-10-7-13(19)17(8-10)11-5-3-4-6-12(11)18-9-14-15-16-18/h2-6,9-10H,1,7-8H2. The Hall–Kier alpha value is -2.50. The number of aromatic nitrogens is 4. The van der Waals surface area contributed by atoms with Crippen molar-refractivity contribution in [1.29, 1.82) is 0 Å². The molecule has 6 heteroatoms. The molecule has 1 aliphatic rings. The van der Waals surface area contributed by atoms with Crippen molar-refractivity contribution >= 4 is 11.6 Å². The van der Waals surface area contributed by atoms with Crippen LogP contribution in [0.15, 0.2) is 43.2 Å². The number of nitrogens with zero attached hydrogens (tertiary/aromatic N) is 5. The Bertz CT molecular complexity index is 607. The predicted molar refractivity (Wildman–Crippen MR) is 69.8 cm³/mol. The third-order valence-corrected chi connectivity index (χ3v) is 3.26. The van der Waals surface area contributed by atoms with Crippen molar-refractivity contribution in [3.05, 3.63) is 43.2 Å². The number of carbonyl (C=O) groups is 1. The lowest BCUT2D eigenvalue weighted by Crippen LogP contribution is -2.25. The van der Waals surface area contributed by atoms with Crippen LogP contribution in [-0.2, 0) is 4.79 Å². The summed E-state index contributed by atoms with van der Waals surface area (Å²) in [6.45, 7) is 4.42. The van der Waals surface area contributed by atoms with E-state index in [1.54, 1.807) is 9.58 Å². The van der Waals surface area contributed by atoms with Crippen molar-refractivity contribution in [2.45, 2.75) is 6.42 Å². The summed E-state index contributed by atoms with van der Waals surface area (Å²) in [5.74, 6) is 0.305. The number of amides is 1. The van der Waals surface area contributed by atoms with Crippen LogP contribution in [0, 0.1) is 5.92 Å². The minimum absolute atomic E-state index is 0.102. The second-order valence-electron chi connectivity index (χ2n) is 4.45. The molecule has 0 N–H and O–H groups in total. The van der Waals surface area contributed by atoms with Gasteiger partial charge in [0.1, 0.15) is 6.33 Å². The summed E-state index contributed by atoms with van der Waals surface area (Å²) in [5.41, 5.74) is 1.62. The minimum atomic E-state index is 0.102. The Kier molecular flexibility index (Phi) is 2.83. The van der Waals surface area contributed by atoms with Crippen molar-refractivity contribution in [1.82, 2.24) is 20.2 Å². The molecular weight excluding hydrogens is 242 g/mol. The van der Waals surface area contributed by atoms with Gasteiger partial charge in [-0.1, -0.05) is 18.2 Å². The number of hydrogen-bond donors (Lipinski definition) is 0. The molecule has 1 aromatic heterocycles. The van der Waals surface area contributed by atoms with Gasteiger partial charge in [-0.25, -0.2) is 0 Å². The molecule has 1 atom stereocenters. The molecule has 96 valence electrons. The first-order valence-corrected chi connectivity index (χ1v) is 6.05. The van der Waals surface area contributed by atoms with Crippen LogP contribution in [0.2, 0.25) is 0 Å². The van der Waals surface area contributed by atoms with Crippen LogP contribution in [0.5, 0.6) is 0 Å². The molecular formula is C13H13N5O. The normalized spacial score (nSPS) is 18.8. The molecule has 0 bridgehead atoms. The molecule has 1 saturated heterocycles. The summed E-state index contributed by atoms with van der Waals surface area (Å²) in [5, 5.41) is 11.1. The fourth-order valence-electron chi connectivity index (χ4n) is 2.28. The first-order chi connectivity index (χ1) is 9.29.